The van der Waals surface area contributed by atoms with Crippen molar-refractivity contribution in [2.75, 3.05) is 14.2 Å². The van der Waals surface area contributed by atoms with Crippen LogP contribution in [0.4, 0.5) is 0 Å². The molecule has 6 nitrogen and oxygen atoms in total. The molecule has 0 bridgehead atoms. The van der Waals surface area contributed by atoms with Gasteiger partial charge in [-0.3, -0.25) is 4.98 Å². The molecule has 0 aliphatic heterocycles. The minimum absolute atomic E-state index is 0.310. The minimum atomic E-state index is -0.379. The number of hydrogen-bond acceptors (Lipinski definition) is 6. The number of aromatic nitrogens is 1. The number of pyridine rings is 1. The van der Waals surface area contributed by atoms with E-state index in [0.29, 0.717) is 34.9 Å². The number of nitrogens with zero attached hydrogens (tertiary/aromatic N) is 2. The van der Waals surface area contributed by atoms with Crippen LogP contribution in [-0.4, -0.2) is 25.2 Å². The van der Waals surface area contributed by atoms with Crippen LogP contribution in [0.5, 0.6) is 11.5 Å². The van der Waals surface area contributed by atoms with Crippen LogP contribution in [-0.2, 0) is 11.3 Å². The first-order chi connectivity index (χ1) is 14.6. The van der Waals surface area contributed by atoms with E-state index in [1.807, 2.05) is 24.3 Å². The van der Waals surface area contributed by atoms with Crippen molar-refractivity contribution in [2.24, 2.45) is 0 Å². The predicted octanol–water partition coefficient (Wildman–Crippen LogP) is 4.52. The Labute approximate surface area is 175 Å². The molecule has 0 fully saturated rings. The third-order valence-electron chi connectivity index (χ3n) is 4.33. The third-order valence-corrected chi connectivity index (χ3v) is 4.33. The number of allylic oxidation sites excluding steroid dienone is 1. The second-order valence-electron chi connectivity index (χ2n) is 6.27. The lowest BCUT2D eigenvalue weighted by Crippen LogP contribution is -2.02. The van der Waals surface area contributed by atoms with Gasteiger partial charge in [0.25, 0.3) is 0 Å². The van der Waals surface area contributed by atoms with Gasteiger partial charge in [-0.1, -0.05) is 24.3 Å². The Morgan fingerprint density at radius 3 is 2.50 bits per heavy atom. The molecule has 1 aromatic heterocycles. The molecule has 0 spiro atoms. The second kappa shape index (κ2) is 9.89. The van der Waals surface area contributed by atoms with Gasteiger partial charge in [-0.05, 0) is 53.6 Å². The van der Waals surface area contributed by atoms with Gasteiger partial charge in [0, 0.05) is 6.20 Å². The molecular formula is C24H20N2O4. The summed E-state index contributed by atoms with van der Waals surface area (Å²) >= 11 is 0. The Balaban J connectivity index is 1.75. The topological polar surface area (TPSA) is 81.4 Å². The summed E-state index contributed by atoms with van der Waals surface area (Å²) in [6, 6.07) is 20.0. The van der Waals surface area contributed by atoms with Crippen molar-refractivity contribution in [3.05, 3.63) is 89.2 Å². The lowest BCUT2D eigenvalue weighted by atomic mass is 10.1. The maximum absolute atomic E-state index is 11.5. The van der Waals surface area contributed by atoms with Crippen molar-refractivity contribution in [1.29, 1.82) is 5.26 Å². The Morgan fingerprint density at radius 1 is 1.07 bits per heavy atom. The van der Waals surface area contributed by atoms with E-state index in [1.165, 1.54) is 7.11 Å². The highest BCUT2D eigenvalue weighted by atomic mass is 16.5. The van der Waals surface area contributed by atoms with Gasteiger partial charge >= 0.3 is 5.97 Å². The van der Waals surface area contributed by atoms with Gasteiger partial charge < -0.3 is 14.2 Å². The van der Waals surface area contributed by atoms with Gasteiger partial charge in [0.1, 0.15) is 12.7 Å². The number of ether oxygens (including phenoxy) is 3. The number of methoxy groups -OCH3 is 2. The molecule has 0 atom stereocenters. The van der Waals surface area contributed by atoms with E-state index in [2.05, 4.69) is 11.1 Å². The summed E-state index contributed by atoms with van der Waals surface area (Å²) in [6.07, 6.45) is 3.40. The van der Waals surface area contributed by atoms with E-state index in [-0.39, 0.29) is 5.97 Å². The van der Waals surface area contributed by atoms with Crippen molar-refractivity contribution in [2.45, 2.75) is 6.61 Å². The fraction of sp³-hybridized carbons (Fsp3) is 0.125. The Hall–Kier alpha value is -4.11. The summed E-state index contributed by atoms with van der Waals surface area (Å²) in [5.41, 5.74) is 3.24. The Bertz CT molecular complexity index is 1080. The fourth-order valence-corrected chi connectivity index (χ4v) is 2.76. The standard InChI is InChI=1S/C24H20N2O4/c1-28-23-14-18(13-20(15-25)21-5-3-4-12-26-21)8-11-22(23)30-16-17-6-9-19(10-7-17)24(27)29-2/h3-14H,16H2,1-2H3/b20-13+. The largest absolute Gasteiger partial charge is 0.493 e. The Kier molecular flexibility index (Phi) is 6.80. The van der Waals surface area contributed by atoms with Crippen molar-refractivity contribution in [3.63, 3.8) is 0 Å². The first-order valence-corrected chi connectivity index (χ1v) is 9.16. The summed E-state index contributed by atoms with van der Waals surface area (Å²) in [7, 11) is 2.91. The second-order valence-corrected chi connectivity index (χ2v) is 6.27. The van der Waals surface area contributed by atoms with E-state index >= 15 is 0 Å². The quantitative estimate of drug-likeness (QED) is 0.428. The average molecular weight is 400 g/mol. The SMILES string of the molecule is COC(=O)c1ccc(COc2ccc(/C=C(\C#N)c3ccccn3)cc2OC)cc1. The van der Waals surface area contributed by atoms with Crippen LogP contribution in [0.1, 0.15) is 27.2 Å². The van der Waals surface area contributed by atoms with Crippen molar-refractivity contribution in [1.82, 2.24) is 4.98 Å². The molecule has 0 saturated heterocycles. The zero-order valence-corrected chi connectivity index (χ0v) is 16.7. The lowest BCUT2D eigenvalue weighted by molar-refractivity contribution is 0.0600. The third kappa shape index (κ3) is 5.03. The fourth-order valence-electron chi connectivity index (χ4n) is 2.76. The van der Waals surface area contributed by atoms with Crippen LogP contribution in [0.2, 0.25) is 0 Å². The molecule has 1 heterocycles. The number of rotatable bonds is 7. The molecule has 0 saturated carbocycles. The van der Waals surface area contributed by atoms with Crippen molar-refractivity contribution in [3.8, 4) is 17.6 Å². The summed E-state index contributed by atoms with van der Waals surface area (Å²) in [5, 5.41) is 9.46. The number of esters is 1. The summed E-state index contributed by atoms with van der Waals surface area (Å²) < 4.78 is 16.0. The maximum Gasteiger partial charge on any atom is 0.337 e. The predicted molar refractivity (Wildman–Crippen MR) is 113 cm³/mol. The van der Waals surface area contributed by atoms with E-state index in [4.69, 9.17) is 14.2 Å². The first-order valence-electron chi connectivity index (χ1n) is 9.16. The zero-order chi connectivity index (χ0) is 21.3. The normalized spacial score (nSPS) is 10.8. The van der Waals surface area contributed by atoms with Gasteiger partial charge in [-0.2, -0.15) is 5.26 Å². The summed E-state index contributed by atoms with van der Waals surface area (Å²) in [4.78, 5) is 15.7. The van der Waals surface area contributed by atoms with Crippen LogP contribution in [0.15, 0.2) is 66.9 Å². The van der Waals surface area contributed by atoms with Gasteiger partial charge in [-0.25, -0.2) is 4.79 Å². The molecule has 3 rings (SSSR count). The number of carbonyl (C=O) groups excluding carboxylic acids is 1. The van der Waals surface area contributed by atoms with Crippen LogP contribution >= 0.6 is 0 Å². The summed E-state index contributed by atoms with van der Waals surface area (Å²) in [6.45, 7) is 0.310. The van der Waals surface area contributed by atoms with Gasteiger partial charge in [-0.15, -0.1) is 0 Å². The molecule has 6 heteroatoms. The zero-order valence-electron chi connectivity index (χ0n) is 16.7. The van der Waals surface area contributed by atoms with E-state index in [0.717, 1.165) is 11.1 Å². The van der Waals surface area contributed by atoms with Gasteiger partial charge in [0.15, 0.2) is 11.5 Å². The van der Waals surface area contributed by atoms with Crippen LogP contribution in [0, 0.1) is 11.3 Å². The molecule has 30 heavy (non-hydrogen) atoms. The van der Waals surface area contributed by atoms with Crippen molar-refractivity contribution >= 4 is 17.6 Å². The molecule has 0 radical (unpaired) electrons. The molecule has 0 N–H and O–H groups in total. The average Bonchev–Trinajstić information content (AvgIpc) is 2.81. The van der Waals surface area contributed by atoms with E-state index < -0.39 is 0 Å². The highest BCUT2D eigenvalue weighted by Gasteiger charge is 2.09. The van der Waals surface area contributed by atoms with E-state index in [1.54, 1.807) is 55.8 Å². The molecule has 0 aliphatic rings. The molecular weight excluding hydrogens is 380 g/mol. The monoisotopic (exact) mass is 400 g/mol. The summed E-state index contributed by atoms with van der Waals surface area (Å²) in [5.74, 6) is 0.742. The van der Waals surface area contributed by atoms with Crippen LogP contribution in [0.3, 0.4) is 0 Å². The molecule has 150 valence electrons. The smallest absolute Gasteiger partial charge is 0.337 e. The molecule has 2 aromatic carbocycles. The molecule has 0 unspecified atom stereocenters. The number of carbonyl (C=O) groups is 1. The van der Waals surface area contributed by atoms with Gasteiger partial charge in [0.05, 0.1) is 31.1 Å². The number of benzene rings is 2. The van der Waals surface area contributed by atoms with Crippen molar-refractivity contribution < 1.29 is 19.0 Å². The van der Waals surface area contributed by atoms with Crippen LogP contribution < -0.4 is 9.47 Å². The maximum atomic E-state index is 11.5. The highest BCUT2D eigenvalue weighted by molar-refractivity contribution is 5.89. The highest BCUT2D eigenvalue weighted by Crippen LogP contribution is 2.30. The first kappa shape index (κ1) is 20.6. The number of hydrogen-bond donors (Lipinski definition) is 0. The van der Waals surface area contributed by atoms with Crippen LogP contribution in [0.25, 0.3) is 11.6 Å². The number of nitriles is 1. The lowest BCUT2D eigenvalue weighted by Gasteiger charge is -2.12. The minimum Gasteiger partial charge on any atom is -0.493 e. The molecule has 3 aromatic rings. The van der Waals surface area contributed by atoms with Gasteiger partial charge in [0.2, 0.25) is 0 Å². The van der Waals surface area contributed by atoms with E-state index in [9.17, 15) is 10.1 Å². The molecule has 0 amide bonds. The Morgan fingerprint density at radius 2 is 1.87 bits per heavy atom. The molecule has 0 aliphatic carbocycles.